The van der Waals surface area contributed by atoms with Crippen LogP contribution in [-0.4, -0.2) is 13.1 Å². The van der Waals surface area contributed by atoms with Gasteiger partial charge in [-0.15, -0.1) is 11.3 Å². The molecule has 11 heavy (non-hydrogen) atoms. The van der Waals surface area contributed by atoms with Gasteiger partial charge in [-0.25, -0.2) is 0 Å². The van der Waals surface area contributed by atoms with Crippen LogP contribution in [0.2, 0.25) is 4.34 Å². The molecule has 0 saturated carbocycles. The highest BCUT2D eigenvalue weighted by Crippen LogP contribution is 2.22. The van der Waals surface area contributed by atoms with Crippen molar-refractivity contribution < 1.29 is 0 Å². The second-order valence-corrected chi connectivity index (χ2v) is 4.40. The second kappa shape index (κ2) is 4.10. The molecule has 1 aromatic rings. The molecule has 1 heterocycles. The number of thiophene rings is 1. The molecule has 0 saturated heterocycles. The molecule has 0 aliphatic heterocycles. The Labute approximate surface area is 76.4 Å². The molecule has 0 bridgehead atoms. The van der Waals surface area contributed by atoms with Crippen LogP contribution >= 0.6 is 22.9 Å². The molecule has 1 unspecified atom stereocenters. The van der Waals surface area contributed by atoms with Gasteiger partial charge in [0.05, 0.1) is 4.34 Å². The number of hydrogen-bond acceptors (Lipinski definition) is 2. The predicted molar refractivity (Wildman–Crippen MR) is 51.6 cm³/mol. The smallest absolute Gasteiger partial charge is 0.0931 e. The summed E-state index contributed by atoms with van der Waals surface area (Å²) in [6, 6.07) is 4.56. The lowest BCUT2D eigenvalue weighted by molar-refractivity contribution is 0.613. The maximum absolute atomic E-state index is 5.79. The van der Waals surface area contributed by atoms with Crippen LogP contribution in [0, 0.1) is 0 Å². The molecule has 1 nitrogen and oxygen atoms in total. The molecule has 0 radical (unpaired) electrons. The summed E-state index contributed by atoms with van der Waals surface area (Å²) in [5.74, 6) is 0. The van der Waals surface area contributed by atoms with Gasteiger partial charge >= 0.3 is 0 Å². The highest BCUT2D eigenvalue weighted by atomic mass is 35.5. The van der Waals surface area contributed by atoms with Crippen molar-refractivity contribution in [2.45, 2.75) is 19.4 Å². The molecular weight excluding hydrogens is 178 g/mol. The highest BCUT2D eigenvalue weighted by Gasteiger charge is 2.02. The van der Waals surface area contributed by atoms with E-state index >= 15 is 0 Å². The number of likely N-dealkylation sites (N-methyl/N-ethyl adjacent to an activating group) is 1. The fourth-order valence-electron chi connectivity index (χ4n) is 0.865. The number of nitrogens with one attached hydrogen (secondary N) is 1. The zero-order chi connectivity index (χ0) is 8.27. The zero-order valence-corrected chi connectivity index (χ0v) is 8.30. The number of halogens is 1. The van der Waals surface area contributed by atoms with Crippen LogP contribution in [0.1, 0.15) is 11.8 Å². The molecule has 0 aliphatic carbocycles. The van der Waals surface area contributed by atoms with E-state index in [4.69, 9.17) is 11.6 Å². The van der Waals surface area contributed by atoms with Crippen molar-refractivity contribution in [2.24, 2.45) is 0 Å². The average Bonchev–Trinajstić information content (AvgIpc) is 2.35. The Balaban J connectivity index is 2.50. The van der Waals surface area contributed by atoms with Gasteiger partial charge in [0.1, 0.15) is 0 Å². The van der Waals surface area contributed by atoms with Gasteiger partial charge in [0.25, 0.3) is 0 Å². The summed E-state index contributed by atoms with van der Waals surface area (Å²) in [6.07, 6.45) is 1.06. The average molecular weight is 190 g/mol. The third-order valence-corrected chi connectivity index (χ3v) is 2.88. The first-order chi connectivity index (χ1) is 5.22. The normalized spacial score (nSPS) is 13.4. The highest BCUT2D eigenvalue weighted by molar-refractivity contribution is 7.16. The summed E-state index contributed by atoms with van der Waals surface area (Å²) < 4.78 is 0.878. The van der Waals surface area contributed by atoms with Crippen molar-refractivity contribution in [3.63, 3.8) is 0 Å². The van der Waals surface area contributed by atoms with Crippen molar-refractivity contribution in [1.29, 1.82) is 0 Å². The van der Waals surface area contributed by atoms with E-state index in [0.717, 1.165) is 10.8 Å². The van der Waals surface area contributed by atoms with Crippen LogP contribution in [0.4, 0.5) is 0 Å². The third kappa shape index (κ3) is 2.81. The Kier molecular flexibility index (Phi) is 3.37. The van der Waals surface area contributed by atoms with E-state index in [1.165, 1.54) is 4.88 Å². The molecule has 3 heteroatoms. The monoisotopic (exact) mass is 189 g/mol. The lowest BCUT2D eigenvalue weighted by atomic mass is 10.2. The van der Waals surface area contributed by atoms with Gasteiger partial charge in [-0.05, 0) is 32.5 Å². The maximum atomic E-state index is 5.79. The van der Waals surface area contributed by atoms with E-state index in [9.17, 15) is 0 Å². The van der Waals surface area contributed by atoms with Crippen molar-refractivity contribution in [3.8, 4) is 0 Å². The minimum absolute atomic E-state index is 0.532. The summed E-state index contributed by atoms with van der Waals surface area (Å²) in [7, 11) is 1.97. The SMILES string of the molecule is CNC(C)Cc1ccc(Cl)s1. The third-order valence-electron chi connectivity index (χ3n) is 1.63. The predicted octanol–water partition coefficient (Wildman–Crippen LogP) is 2.55. The largest absolute Gasteiger partial charge is 0.317 e. The fraction of sp³-hybridized carbons (Fsp3) is 0.500. The van der Waals surface area contributed by atoms with Crippen LogP contribution in [-0.2, 0) is 6.42 Å². The Morgan fingerprint density at radius 2 is 2.36 bits per heavy atom. The standard InChI is InChI=1S/C8H12ClNS/c1-6(10-2)5-7-3-4-8(9)11-7/h3-4,6,10H,5H2,1-2H3. The van der Waals surface area contributed by atoms with E-state index in [1.807, 2.05) is 13.1 Å². The molecule has 0 aromatic carbocycles. The van der Waals surface area contributed by atoms with Crippen molar-refractivity contribution in [3.05, 3.63) is 21.3 Å². The first-order valence-corrected chi connectivity index (χ1v) is 4.83. The zero-order valence-electron chi connectivity index (χ0n) is 6.73. The van der Waals surface area contributed by atoms with Gasteiger partial charge in [-0.1, -0.05) is 11.6 Å². The molecule has 0 amide bonds. The fourth-order valence-corrected chi connectivity index (χ4v) is 2.08. The molecule has 0 fully saturated rings. The summed E-state index contributed by atoms with van der Waals surface area (Å²) >= 11 is 7.44. The lowest BCUT2D eigenvalue weighted by Crippen LogP contribution is -2.22. The first kappa shape index (κ1) is 9.04. The molecule has 1 atom stereocenters. The van der Waals surface area contributed by atoms with Crippen LogP contribution in [0.15, 0.2) is 12.1 Å². The second-order valence-electron chi connectivity index (χ2n) is 2.60. The van der Waals surface area contributed by atoms with E-state index < -0.39 is 0 Å². The van der Waals surface area contributed by atoms with E-state index in [-0.39, 0.29) is 0 Å². The summed E-state index contributed by atoms with van der Waals surface area (Å²) in [4.78, 5) is 1.34. The summed E-state index contributed by atoms with van der Waals surface area (Å²) in [5.41, 5.74) is 0. The molecule has 1 N–H and O–H groups in total. The topological polar surface area (TPSA) is 12.0 Å². The molecule has 62 valence electrons. The van der Waals surface area contributed by atoms with Crippen LogP contribution < -0.4 is 5.32 Å². The molecular formula is C8H12ClNS. The molecule has 0 spiro atoms. The number of rotatable bonds is 3. The number of hydrogen-bond donors (Lipinski definition) is 1. The maximum Gasteiger partial charge on any atom is 0.0931 e. The van der Waals surface area contributed by atoms with E-state index in [1.54, 1.807) is 11.3 Å². The van der Waals surface area contributed by atoms with Crippen molar-refractivity contribution in [1.82, 2.24) is 5.32 Å². The van der Waals surface area contributed by atoms with E-state index in [0.29, 0.717) is 6.04 Å². The Hall–Kier alpha value is -0.0500. The quantitative estimate of drug-likeness (QED) is 0.771. The van der Waals surface area contributed by atoms with E-state index in [2.05, 4.69) is 18.3 Å². The van der Waals surface area contributed by atoms with Gasteiger partial charge in [-0.2, -0.15) is 0 Å². The van der Waals surface area contributed by atoms with Gasteiger partial charge in [0, 0.05) is 10.9 Å². The van der Waals surface area contributed by atoms with Gasteiger partial charge < -0.3 is 5.32 Å². The van der Waals surface area contributed by atoms with Crippen LogP contribution in [0.25, 0.3) is 0 Å². The van der Waals surface area contributed by atoms with Gasteiger partial charge in [0.2, 0.25) is 0 Å². The summed E-state index contributed by atoms with van der Waals surface area (Å²) in [5, 5.41) is 3.19. The van der Waals surface area contributed by atoms with Crippen LogP contribution in [0.5, 0.6) is 0 Å². The molecule has 0 aliphatic rings. The molecule has 1 rings (SSSR count). The van der Waals surface area contributed by atoms with Crippen molar-refractivity contribution in [2.75, 3.05) is 7.05 Å². The summed E-state index contributed by atoms with van der Waals surface area (Å²) in [6.45, 7) is 2.16. The van der Waals surface area contributed by atoms with Crippen molar-refractivity contribution >= 4 is 22.9 Å². The minimum Gasteiger partial charge on any atom is -0.317 e. The lowest BCUT2D eigenvalue weighted by Gasteiger charge is -2.06. The molecule has 1 aromatic heterocycles. The Morgan fingerprint density at radius 1 is 1.64 bits per heavy atom. The van der Waals surface area contributed by atoms with Gasteiger partial charge in [-0.3, -0.25) is 0 Å². The van der Waals surface area contributed by atoms with Gasteiger partial charge in [0.15, 0.2) is 0 Å². The first-order valence-electron chi connectivity index (χ1n) is 3.64. The Bertz CT molecular complexity index is 222. The Morgan fingerprint density at radius 3 is 2.82 bits per heavy atom. The van der Waals surface area contributed by atoms with Crippen LogP contribution in [0.3, 0.4) is 0 Å². The minimum atomic E-state index is 0.532.